The van der Waals surface area contributed by atoms with Gasteiger partial charge in [-0.25, -0.2) is 0 Å². The number of carbonyl (C=O) groups excluding carboxylic acids is 1. The Morgan fingerprint density at radius 2 is 1.15 bits per heavy atom. The summed E-state index contributed by atoms with van der Waals surface area (Å²) in [5.74, 6) is -0.291. The Bertz CT molecular complexity index is 215. The molecule has 0 aromatic rings. The summed E-state index contributed by atoms with van der Waals surface area (Å²) in [7, 11) is -1.88. The van der Waals surface area contributed by atoms with Gasteiger partial charge in [-0.3, -0.25) is 4.79 Å². The number of hydrogen-bond donors (Lipinski definition) is 0. The summed E-state index contributed by atoms with van der Waals surface area (Å²) in [5.41, 5.74) is 0. The van der Waals surface area contributed by atoms with Gasteiger partial charge in [-0.15, -0.1) is 0 Å². The van der Waals surface area contributed by atoms with Crippen molar-refractivity contribution in [3.63, 3.8) is 0 Å². The first-order valence-electron chi connectivity index (χ1n) is 8.65. The molecule has 0 aliphatic heterocycles. The third kappa shape index (κ3) is 9.57. The van der Waals surface area contributed by atoms with Crippen LogP contribution in [0.2, 0.25) is 18.1 Å². The highest BCUT2D eigenvalue weighted by Crippen LogP contribution is 2.30. The topological polar surface area (TPSA) is 26.3 Å². The Hall–Kier alpha value is -0.313. The predicted octanol–water partition coefficient (Wildman–Crippen LogP) is 5.88. The smallest absolute Gasteiger partial charge is 0.293 e. The third-order valence-corrected chi connectivity index (χ3v) is 8.49. The van der Waals surface area contributed by atoms with Crippen LogP contribution in [0.3, 0.4) is 0 Å². The Kier molecular flexibility index (Phi) is 12.2. The molecule has 0 aliphatic rings. The van der Waals surface area contributed by atoms with Gasteiger partial charge >= 0.3 is 0 Å². The average molecular weight is 300 g/mol. The van der Waals surface area contributed by atoms with E-state index >= 15 is 0 Å². The Balaban J connectivity index is 4.61. The van der Waals surface area contributed by atoms with Crippen molar-refractivity contribution < 1.29 is 9.22 Å². The molecular weight excluding hydrogens is 264 g/mol. The van der Waals surface area contributed by atoms with E-state index in [1.165, 1.54) is 57.8 Å². The molecule has 0 bridgehead atoms. The van der Waals surface area contributed by atoms with E-state index < -0.39 is 8.32 Å². The highest BCUT2D eigenvalue weighted by atomic mass is 28.4. The molecule has 0 saturated carbocycles. The van der Waals surface area contributed by atoms with Crippen molar-refractivity contribution in [3.05, 3.63) is 6.92 Å². The summed E-state index contributed by atoms with van der Waals surface area (Å²) < 4.78 is 5.87. The lowest BCUT2D eigenvalue weighted by Gasteiger charge is -2.31. The van der Waals surface area contributed by atoms with Crippen LogP contribution in [0, 0.1) is 6.92 Å². The van der Waals surface area contributed by atoms with Crippen LogP contribution in [0.15, 0.2) is 0 Å². The largest absolute Gasteiger partial charge is 0.519 e. The van der Waals surface area contributed by atoms with Crippen molar-refractivity contribution in [2.75, 3.05) is 0 Å². The van der Waals surface area contributed by atoms with Crippen molar-refractivity contribution in [2.24, 2.45) is 0 Å². The molecule has 0 aliphatic carbocycles. The van der Waals surface area contributed by atoms with Crippen LogP contribution in [0.4, 0.5) is 0 Å². The molecule has 0 saturated heterocycles. The second-order valence-corrected chi connectivity index (χ2v) is 10.1. The van der Waals surface area contributed by atoms with Crippen molar-refractivity contribution in [1.29, 1.82) is 0 Å². The standard InChI is InChI=1S/C17H35O2Si/c1-5-8-11-14-20(19-17(4)18,15-12-9-6-2)16-13-10-7-3/h4-16H2,1-3H3. The zero-order valence-corrected chi connectivity index (χ0v) is 15.0. The van der Waals surface area contributed by atoms with Gasteiger partial charge in [0.05, 0.1) is 6.92 Å². The first-order chi connectivity index (χ1) is 9.60. The van der Waals surface area contributed by atoms with Gasteiger partial charge in [0.2, 0.25) is 0 Å². The fraction of sp³-hybridized carbons (Fsp3) is 0.882. The predicted molar refractivity (Wildman–Crippen MR) is 90.2 cm³/mol. The highest BCUT2D eigenvalue weighted by Gasteiger charge is 2.36. The fourth-order valence-electron chi connectivity index (χ4n) is 2.86. The van der Waals surface area contributed by atoms with Gasteiger partial charge in [0.1, 0.15) is 0 Å². The van der Waals surface area contributed by atoms with E-state index in [0.29, 0.717) is 0 Å². The summed E-state index contributed by atoms with van der Waals surface area (Å²) in [6.45, 7) is 10.2. The van der Waals surface area contributed by atoms with E-state index in [1.807, 2.05) is 0 Å². The minimum atomic E-state index is -1.88. The minimum Gasteiger partial charge on any atom is -0.519 e. The molecule has 2 nitrogen and oxygen atoms in total. The van der Waals surface area contributed by atoms with Gasteiger partial charge in [0, 0.05) is 0 Å². The summed E-state index contributed by atoms with van der Waals surface area (Å²) in [6.07, 6.45) is 11.1. The van der Waals surface area contributed by atoms with Crippen LogP contribution in [0.25, 0.3) is 0 Å². The van der Waals surface area contributed by atoms with E-state index in [4.69, 9.17) is 4.43 Å². The fourth-order valence-corrected chi connectivity index (χ4v) is 7.08. The molecule has 0 unspecified atom stereocenters. The first-order valence-corrected chi connectivity index (χ1v) is 11.2. The van der Waals surface area contributed by atoms with Gasteiger partial charge in [-0.2, -0.15) is 0 Å². The summed E-state index contributed by atoms with van der Waals surface area (Å²) in [6, 6.07) is 3.45. The molecular formula is C17H35O2Si. The number of carbonyl (C=O) groups is 1. The van der Waals surface area contributed by atoms with Crippen LogP contribution < -0.4 is 0 Å². The molecule has 0 atom stereocenters. The quantitative estimate of drug-likeness (QED) is 0.313. The molecule has 0 fully saturated rings. The van der Waals surface area contributed by atoms with Crippen LogP contribution in [-0.4, -0.2) is 14.3 Å². The van der Waals surface area contributed by atoms with Crippen LogP contribution in [0.5, 0.6) is 0 Å². The molecule has 0 aromatic carbocycles. The first kappa shape index (κ1) is 19.7. The summed E-state index contributed by atoms with van der Waals surface area (Å²) in [4.78, 5) is 11.5. The number of unbranched alkanes of at least 4 members (excludes halogenated alkanes) is 6. The SMILES string of the molecule is [CH2]C(=O)O[Si](CCCCC)(CCCCC)CCCCC. The number of hydrogen-bond acceptors (Lipinski definition) is 2. The number of rotatable bonds is 13. The molecule has 0 rings (SSSR count). The molecule has 20 heavy (non-hydrogen) atoms. The van der Waals surface area contributed by atoms with Gasteiger partial charge in [0.15, 0.2) is 0 Å². The van der Waals surface area contributed by atoms with E-state index in [1.54, 1.807) is 0 Å². The molecule has 119 valence electrons. The van der Waals surface area contributed by atoms with Crippen LogP contribution in [0.1, 0.15) is 78.6 Å². The molecule has 3 heteroatoms. The van der Waals surface area contributed by atoms with Crippen LogP contribution >= 0.6 is 0 Å². The lowest BCUT2D eigenvalue weighted by Crippen LogP contribution is -2.39. The molecule has 1 radical (unpaired) electrons. The summed E-state index contributed by atoms with van der Waals surface area (Å²) in [5, 5.41) is 0. The van der Waals surface area contributed by atoms with Crippen molar-refractivity contribution >= 4 is 14.3 Å². The van der Waals surface area contributed by atoms with E-state index in [2.05, 4.69) is 27.7 Å². The van der Waals surface area contributed by atoms with Gasteiger partial charge in [-0.1, -0.05) is 78.6 Å². The Morgan fingerprint density at radius 3 is 1.40 bits per heavy atom. The van der Waals surface area contributed by atoms with E-state index in [9.17, 15) is 4.79 Å². The third-order valence-electron chi connectivity index (χ3n) is 4.04. The maximum absolute atomic E-state index is 11.5. The minimum absolute atomic E-state index is 0.291. The van der Waals surface area contributed by atoms with Gasteiger partial charge in [-0.05, 0) is 18.1 Å². The monoisotopic (exact) mass is 299 g/mol. The normalized spacial score (nSPS) is 11.6. The molecule has 0 N–H and O–H groups in total. The maximum atomic E-state index is 11.5. The lowest BCUT2D eigenvalue weighted by molar-refractivity contribution is -0.130. The molecule has 0 heterocycles. The molecule has 0 amide bonds. The highest BCUT2D eigenvalue weighted by molar-refractivity contribution is 6.75. The lowest BCUT2D eigenvalue weighted by atomic mass is 10.3. The Morgan fingerprint density at radius 1 is 0.800 bits per heavy atom. The van der Waals surface area contributed by atoms with Crippen molar-refractivity contribution in [1.82, 2.24) is 0 Å². The zero-order chi connectivity index (χ0) is 15.3. The Labute approximate surface area is 127 Å². The summed E-state index contributed by atoms with van der Waals surface area (Å²) >= 11 is 0. The maximum Gasteiger partial charge on any atom is 0.293 e. The van der Waals surface area contributed by atoms with Gasteiger partial charge in [0.25, 0.3) is 14.3 Å². The van der Waals surface area contributed by atoms with Crippen molar-refractivity contribution in [3.8, 4) is 0 Å². The molecule has 0 aromatic heterocycles. The molecule has 0 spiro atoms. The zero-order valence-electron chi connectivity index (χ0n) is 14.0. The van der Waals surface area contributed by atoms with Crippen LogP contribution in [-0.2, 0) is 9.22 Å². The van der Waals surface area contributed by atoms with E-state index in [-0.39, 0.29) is 5.97 Å². The van der Waals surface area contributed by atoms with Crippen molar-refractivity contribution in [2.45, 2.75) is 96.7 Å². The van der Waals surface area contributed by atoms with Gasteiger partial charge < -0.3 is 4.43 Å². The average Bonchev–Trinajstić information content (AvgIpc) is 2.39. The second-order valence-electron chi connectivity index (χ2n) is 6.03. The second kappa shape index (κ2) is 12.4. The van der Waals surface area contributed by atoms with E-state index in [0.717, 1.165) is 18.1 Å².